The molecular formula is C9H14N6S. The van der Waals surface area contributed by atoms with Crippen molar-refractivity contribution in [3.63, 3.8) is 0 Å². The second kappa shape index (κ2) is 4.69. The third kappa shape index (κ3) is 2.43. The van der Waals surface area contributed by atoms with E-state index in [2.05, 4.69) is 20.7 Å². The van der Waals surface area contributed by atoms with Gasteiger partial charge in [0.1, 0.15) is 0 Å². The highest BCUT2D eigenvalue weighted by atomic mass is 32.1. The molecule has 0 radical (unpaired) electrons. The molecule has 3 N–H and O–H groups in total. The summed E-state index contributed by atoms with van der Waals surface area (Å²) in [7, 11) is 1.84. The van der Waals surface area contributed by atoms with E-state index < -0.39 is 0 Å². The lowest BCUT2D eigenvalue weighted by molar-refractivity contribution is 0.534. The fraction of sp³-hybridized carbons (Fsp3) is 0.444. The standard InChI is InChI=1S/C9H14N6S/c1-6-11-9(5-16-6)8(12-10)3-7-4-15(2)14-13-7/h4-5,8,12H,3,10H2,1-2H3. The van der Waals surface area contributed by atoms with Crippen molar-refractivity contribution in [1.29, 1.82) is 0 Å². The van der Waals surface area contributed by atoms with Crippen molar-refractivity contribution in [2.75, 3.05) is 0 Å². The molecule has 1 atom stereocenters. The van der Waals surface area contributed by atoms with Gasteiger partial charge in [0.15, 0.2) is 0 Å². The Bertz CT molecular complexity index is 462. The summed E-state index contributed by atoms with van der Waals surface area (Å²) in [6.07, 6.45) is 2.57. The van der Waals surface area contributed by atoms with E-state index in [4.69, 9.17) is 5.84 Å². The third-order valence-corrected chi connectivity index (χ3v) is 3.05. The highest BCUT2D eigenvalue weighted by Gasteiger charge is 2.15. The number of thiazole rings is 1. The first-order chi connectivity index (χ1) is 7.69. The molecule has 7 heteroatoms. The van der Waals surface area contributed by atoms with Crippen molar-refractivity contribution in [3.05, 3.63) is 28.0 Å². The SMILES string of the molecule is Cc1nc(C(Cc2cn(C)nn2)NN)cs1. The Kier molecular flexibility index (Phi) is 3.28. The maximum atomic E-state index is 5.53. The zero-order valence-electron chi connectivity index (χ0n) is 9.21. The lowest BCUT2D eigenvalue weighted by Crippen LogP contribution is -2.30. The smallest absolute Gasteiger partial charge is 0.0898 e. The first-order valence-electron chi connectivity index (χ1n) is 4.92. The first-order valence-corrected chi connectivity index (χ1v) is 5.80. The van der Waals surface area contributed by atoms with Crippen molar-refractivity contribution in [2.45, 2.75) is 19.4 Å². The van der Waals surface area contributed by atoms with E-state index in [1.165, 1.54) is 0 Å². The van der Waals surface area contributed by atoms with E-state index in [1.54, 1.807) is 16.0 Å². The van der Waals surface area contributed by atoms with Gasteiger partial charge in [-0.1, -0.05) is 5.21 Å². The van der Waals surface area contributed by atoms with E-state index in [-0.39, 0.29) is 6.04 Å². The lowest BCUT2D eigenvalue weighted by Gasteiger charge is -2.11. The summed E-state index contributed by atoms with van der Waals surface area (Å²) in [5.74, 6) is 5.53. The lowest BCUT2D eigenvalue weighted by atomic mass is 10.1. The Balaban J connectivity index is 2.12. The minimum Gasteiger partial charge on any atom is -0.271 e. The van der Waals surface area contributed by atoms with E-state index in [0.29, 0.717) is 6.42 Å². The van der Waals surface area contributed by atoms with Crippen LogP contribution in [0.4, 0.5) is 0 Å². The van der Waals surface area contributed by atoms with E-state index in [0.717, 1.165) is 16.4 Å². The first kappa shape index (κ1) is 11.2. The van der Waals surface area contributed by atoms with Crippen LogP contribution in [-0.2, 0) is 13.5 Å². The van der Waals surface area contributed by atoms with Gasteiger partial charge in [-0.15, -0.1) is 16.4 Å². The molecular weight excluding hydrogens is 224 g/mol. The molecule has 0 fully saturated rings. The van der Waals surface area contributed by atoms with Crippen LogP contribution in [0.2, 0.25) is 0 Å². The minimum absolute atomic E-state index is 0.0124. The number of aromatic nitrogens is 4. The molecule has 0 spiro atoms. The van der Waals surface area contributed by atoms with Crippen LogP contribution < -0.4 is 11.3 Å². The Hall–Kier alpha value is -1.31. The molecule has 0 bridgehead atoms. The summed E-state index contributed by atoms with van der Waals surface area (Å²) in [4.78, 5) is 4.41. The van der Waals surface area contributed by atoms with Crippen LogP contribution >= 0.6 is 11.3 Å². The average molecular weight is 238 g/mol. The summed E-state index contributed by atoms with van der Waals surface area (Å²) >= 11 is 1.62. The average Bonchev–Trinajstić information content (AvgIpc) is 2.84. The molecule has 1 unspecified atom stereocenters. The summed E-state index contributed by atoms with van der Waals surface area (Å²) in [5, 5.41) is 11.0. The minimum atomic E-state index is -0.0124. The fourth-order valence-corrected chi connectivity index (χ4v) is 2.15. The van der Waals surface area contributed by atoms with Crippen molar-refractivity contribution in [1.82, 2.24) is 25.4 Å². The monoisotopic (exact) mass is 238 g/mol. The third-order valence-electron chi connectivity index (χ3n) is 2.26. The molecule has 2 rings (SSSR count). The number of hydrazine groups is 1. The van der Waals surface area contributed by atoms with Gasteiger partial charge in [-0.2, -0.15) is 0 Å². The maximum Gasteiger partial charge on any atom is 0.0898 e. The second-order valence-corrected chi connectivity index (χ2v) is 4.66. The van der Waals surface area contributed by atoms with E-state index >= 15 is 0 Å². The molecule has 0 saturated heterocycles. The van der Waals surface area contributed by atoms with Gasteiger partial charge in [-0.25, -0.2) is 4.98 Å². The molecule has 0 aliphatic carbocycles. The number of nitrogens with one attached hydrogen (secondary N) is 1. The molecule has 16 heavy (non-hydrogen) atoms. The number of rotatable bonds is 4. The Morgan fingerprint density at radius 3 is 2.94 bits per heavy atom. The molecule has 2 aromatic heterocycles. The second-order valence-electron chi connectivity index (χ2n) is 3.60. The van der Waals surface area contributed by atoms with Gasteiger partial charge >= 0.3 is 0 Å². The molecule has 86 valence electrons. The van der Waals surface area contributed by atoms with E-state index in [1.807, 2.05) is 25.5 Å². The van der Waals surface area contributed by atoms with Crippen LogP contribution in [0.15, 0.2) is 11.6 Å². The Morgan fingerprint density at radius 2 is 2.44 bits per heavy atom. The van der Waals surface area contributed by atoms with Crippen LogP contribution in [-0.4, -0.2) is 20.0 Å². The van der Waals surface area contributed by atoms with Gasteiger partial charge in [-0.3, -0.25) is 16.0 Å². The molecule has 2 aromatic rings. The van der Waals surface area contributed by atoms with Gasteiger partial charge in [0, 0.05) is 25.0 Å². The molecule has 0 aromatic carbocycles. The normalized spacial score (nSPS) is 12.9. The Labute approximate surface area is 97.5 Å². The van der Waals surface area contributed by atoms with Crippen LogP contribution in [0.1, 0.15) is 22.4 Å². The van der Waals surface area contributed by atoms with Crippen molar-refractivity contribution in [3.8, 4) is 0 Å². The number of hydrogen-bond donors (Lipinski definition) is 2. The van der Waals surface area contributed by atoms with Gasteiger partial charge in [0.25, 0.3) is 0 Å². The van der Waals surface area contributed by atoms with Crippen molar-refractivity contribution >= 4 is 11.3 Å². The molecule has 0 amide bonds. The van der Waals surface area contributed by atoms with Gasteiger partial charge in [0.05, 0.1) is 22.4 Å². The number of hydrogen-bond acceptors (Lipinski definition) is 6. The highest BCUT2D eigenvalue weighted by Crippen LogP contribution is 2.18. The zero-order valence-corrected chi connectivity index (χ0v) is 10.0. The number of nitrogens with zero attached hydrogens (tertiary/aromatic N) is 4. The fourth-order valence-electron chi connectivity index (χ4n) is 1.49. The number of aryl methyl sites for hydroxylation is 2. The van der Waals surface area contributed by atoms with Crippen LogP contribution in [0.3, 0.4) is 0 Å². The summed E-state index contributed by atoms with van der Waals surface area (Å²) in [6, 6.07) is -0.0124. The molecule has 0 aliphatic heterocycles. The van der Waals surface area contributed by atoms with Crippen molar-refractivity contribution in [2.24, 2.45) is 12.9 Å². The van der Waals surface area contributed by atoms with Gasteiger partial charge < -0.3 is 0 Å². The summed E-state index contributed by atoms with van der Waals surface area (Å²) < 4.78 is 1.68. The van der Waals surface area contributed by atoms with Crippen LogP contribution in [0, 0.1) is 6.92 Å². The van der Waals surface area contributed by atoms with Crippen LogP contribution in [0.5, 0.6) is 0 Å². The predicted molar refractivity (Wildman–Crippen MR) is 61.6 cm³/mol. The van der Waals surface area contributed by atoms with Gasteiger partial charge in [0.2, 0.25) is 0 Å². The number of nitrogens with two attached hydrogens (primary N) is 1. The maximum absolute atomic E-state index is 5.53. The van der Waals surface area contributed by atoms with Crippen LogP contribution in [0.25, 0.3) is 0 Å². The molecule has 0 saturated carbocycles. The highest BCUT2D eigenvalue weighted by molar-refractivity contribution is 7.09. The van der Waals surface area contributed by atoms with E-state index in [9.17, 15) is 0 Å². The molecule has 0 aliphatic rings. The quantitative estimate of drug-likeness (QED) is 0.592. The van der Waals surface area contributed by atoms with Crippen molar-refractivity contribution < 1.29 is 0 Å². The summed E-state index contributed by atoms with van der Waals surface area (Å²) in [5.41, 5.74) is 4.61. The molecule has 6 nitrogen and oxygen atoms in total. The Morgan fingerprint density at radius 1 is 1.62 bits per heavy atom. The molecule has 2 heterocycles. The summed E-state index contributed by atoms with van der Waals surface area (Å²) in [6.45, 7) is 1.98. The predicted octanol–water partition coefficient (Wildman–Crippen LogP) is 0.327. The largest absolute Gasteiger partial charge is 0.271 e. The zero-order chi connectivity index (χ0) is 11.5. The van der Waals surface area contributed by atoms with Gasteiger partial charge in [-0.05, 0) is 6.92 Å². The topological polar surface area (TPSA) is 81.7 Å².